The van der Waals surface area contributed by atoms with Gasteiger partial charge in [0, 0.05) is 53.4 Å². The molecule has 6 heteroatoms. The zero-order valence-electron chi connectivity index (χ0n) is 20.7. The van der Waals surface area contributed by atoms with Gasteiger partial charge in [0.05, 0.1) is 18.9 Å². The van der Waals surface area contributed by atoms with Crippen molar-refractivity contribution in [3.63, 3.8) is 0 Å². The van der Waals surface area contributed by atoms with Crippen LogP contribution in [0.1, 0.15) is 48.8 Å². The van der Waals surface area contributed by atoms with Crippen LogP contribution in [0.5, 0.6) is 0 Å². The summed E-state index contributed by atoms with van der Waals surface area (Å²) in [6, 6.07) is 14.1. The van der Waals surface area contributed by atoms with Gasteiger partial charge in [0.15, 0.2) is 0 Å². The van der Waals surface area contributed by atoms with Crippen molar-refractivity contribution in [3.05, 3.63) is 65.7 Å². The summed E-state index contributed by atoms with van der Waals surface area (Å²) in [4.78, 5) is 4.69. The molecule has 0 radical (unpaired) electrons. The number of hydrogen-bond donors (Lipinski definition) is 3. The Hall–Kier alpha value is -2.83. The smallest absolute Gasteiger partial charge is 0.0705 e. The van der Waals surface area contributed by atoms with E-state index < -0.39 is 0 Å². The Morgan fingerprint density at radius 2 is 1.71 bits per heavy atom. The minimum Gasteiger partial charge on any atom is -0.398 e. The highest BCUT2D eigenvalue weighted by Gasteiger charge is 2.34. The molecule has 0 atom stereocenters. The lowest BCUT2D eigenvalue weighted by atomic mass is 9.80. The molecule has 1 aliphatic heterocycles. The van der Waals surface area contributed by atoms with E-state index in [1.165, 1.54) is 32.1 Å². The SMILES string of the molecule is C=C(NCC1(N(C)C)CCCCC1)c1ccc(N)c(C(=N)c2ccc(N3CCOCC3)cc2)c1. The predicted molar refractivity (Wildman–Crippen MR) is 143 cm³/mol. The lowest BCUT2D eigenvalue weighted by molar-refractivity contribution is 0.103. The van der Waals surface area contributed by atoms with E-state index in [4.69, 9.17) is 15.9 Å². The maximum atomic E-state index is 8.84. The fraction of sp³-hybridized carbons (Fsp3) is 0.464. The summed E-state index contributed by atoms with van der Waals surface area (Å²) in [6.07, 6.45) is 6.30. The molecular formula is C28H39N5O. The number of nitrogen functional groups attached to an aromatic ring is 1. The van der Waals surface area contributed by atoms with E-state index in [2.05, 4.69) is 47.9 Å². The van der Waals surface area contributed by atoms with E-state index in [9.17, 15) is 0 Å². The number of nitrogens with zero attached hydrogens (tertiary/aromatic N) is 2. The highest BCUT2D eigenvalue weighted by Crippen LogP contribution is 2.32. The van der Waals surface area contributed by atoms with Crippen molar-refractivity contribution >= 4 is 22.8 Å². The lowest BCUT2D eigenvalue weighted by Gasteiger charge is -2.43. The number of anilines is 2. The minimum absolute atomic E-state index is 0.173. The van der Waals surface area contributed by atoms with Gasteiger partial charge in [-0.2, -0.15) is 0 Å². The molecule has 1 aliphatic carbocycles. The van der Waals surface area contributed by atoms with E-state index in [0.29, 0.717) is 11.4 Å². The molecule has 1 saturated carbocycles. The summed E-state index contributed by atoms with van der Waals surface area (Å²) in [5.74, 6) is 0. The quantitative estimate of drug-likeness (QED) is 0.403. The fourth-order valence-corrected chi connectivity index (χ4v) is 5.14. The maximum Gasteiger partial charge on any atom is 0.0705 e. The van der Waals surface area contributed by atoms with Gasteiger partial charge in [-0.15, -0.1) is 0 Å². The number of nitrogens with one attached hydrogen (secondary N) is 2. The summed E-state index contributed by atoms with van der Waals surface area (Å²) in [6.45, 7) is 8.50. The van der Waals surface area contributed by atoms with Crippen molar-refractivity contribution in [2.45, 2.75) is 37.6 Å². The summed E-state index contributed by atoms with van der Waals surface area (Å²) in [5.41, 5.74) is 12.1. The van der Waals surface area contributed by atoms with Gasteiger partial charge in [-0.1, -0.05) is 44.0 Å². The topological polar surface area (TPSA) is 77.6 Å². The molecule has 1 saturated heterocycles. The Morgan fingerprint density at radius 3 is 2.35 bits per heavy atom. The number of likely N-dealkylation sites (N-methyl/N-ethyl adjacent to an activating group) is 1. The fourth-order valence-electron chi connectivity index (χ4n) is 5.14. The van der Waals surface area contributed by atoms with Crippen molar-refractivity contribution in [3.8, 4) is 0 Å². The molecule has 6 nitrogen and oxygen atoms in total. The van der Waals surface area contributed by atoms with Crippen molar-refractivity contribution in [1.82, 2.24) is 10.2 Å². The predicted octanol–water partition coefficient (Wildman–Crippen LogP) is 4.35. The van der Waals surface area contributed by atoms with Crippen molar-refractivity contribution < 1.29 is 4.74 Å². The van der Waals surface area contributed by atoms with Crippen LogP contribution in [0.2, 0.25) is 0 Å². The normalized spacial score (nSPS) is 18.0. The second-order valence-electron chi connectivity index (χ2n) is 9.83. The van der Waals surface area contributed by atoms with Gasteiger partial charge in [0.1, 0.15) is 0 Å². The van der Waals surface area contributed by atoms with Crippen LogP contribution in [-0.2, 0) is 4.74 Å². The lowest BCUT2D eigenvalue weighted by Crippen LogP contribution is -2.52. The number of nitrogens with two attached hydrogens (primary N) is 1. The molecule has 2 aliphatic rings. The van der Waals surface area contributed by atoms with Gasteiger partial charge in [-0.25, -0.2) is 0 Å². The Bertz CT molecular complexity index is 1000. The van der Waals surface area contributed by atoms with Gasteiger partial charge < -0.3 is 25.6 Å². The zero-order valence-corrected chi connectivity index (χ0v) is 20.7. The average Bonchev–Trinajstić information content (AvgIpc) is 2.88. The second-order valence-corrected chi connectivity index (χ2v) is 9.83. The Kier molecular flexibility index (Phi) is 7.59. The molecule has 34 heavy (non-hydrogen) atoms. The first-order chi connectivity index (χ1) is 16.4. The van der Waals surface area contributed by atoms with E-state index in [1.807, 2.05) is 30.3 Å². The molecule has 2 fully saturated rings. The van der Waals surface area contributed by atoms with Crippen LogP contribution in [0, 0.1) is 5.41 Å². The molecule has 2 aromatic rings. The second kappa shape index (κ2) is 10.6. The largest absolute Gasteiger partial charge is 0.398 e. The van der Waals surface area contributed by atoms with Gasteiger partial charge in [-0.05, 0) is 56.8 Å². The summed E-state index contributed by atoms with van der Waals surface area (Å²) in [7, 11) is 4.37. The number of benzene rings is 2. The molecule has 0 amide bonds. The van der Waals surface area contributed by atoms with E-state index in [-0.39, 0.29) is 5.54 Å². The van der Waals surface area contributed by atoms with Crippen LogP contribution in [-0.4, -0.2) is 63.1 Å². The third-order valence-corrected chi connectivity index (χ3v) is 7.57. The van der Waals surface area contributed by atoms with Gasteiger partial charge in [-0.3, -0.25) is 5.41 Å². The van der Waals surface area contributed by atoms with Crippen molar-refractivity contribution in [1.29, 1.82) is 5.41 Å². The number of rotatable bonds is 8. The van der Waals surface area contributed by atoms with Crippen LogP contribution in [0.4, 0.5) is 11.4 Å². The molecule has 4 rings (SSSR count). The first kappa shape index (κ1) is 24.3. The Balaban J connectivity index is 1.46. The summed E-state index contributed by atoms with van der Waals surface area (Å²) >= 11 is 0. The average molecular weight is 462 g/mol. The summed E-state index contributed by atoms with van der Waals surface area (Å²) < 4.78 is 5.45. The van der Waals surface area contributed by atoms with E-state index in [1.54, 1.807) is 0 Å². The van der Waals surface area contributed by atoms with Gasteiger partial charge in [0.25, 0.3) is 0 Å². The minimum atomic E-state index is 0.173. The molecule has 4 N–H and O–H groups in total. The number of ether oxygens (including phenoxy) is 1. The first-order valence-electron chi connectivity index (χ1n) is 12.4. The molecule has 0 unspecified atom stereocenters. The van der Waals surface area contributed by atoms with Crippen LogP contribution < -0.4 is 16.0 Å². The standard InChI is InChI=1S/C28H39N5O/c1-21(31-20-28(32(2)3)13-5-4-6-14-28)23-9-12-26(29)25(19-23)27(30)22-7-10-24(11-8-22)33-15-17-34-18-16-33/h7-12,19,30-31H,1,4-6,13-18,20,29H2,2-3H3. The highest BCUT2D eigenvalue weighted by molar-refractivity contribution is 6.14. The molecule has 182 valence electrons. The molecule has 2 aromatic carbocycles. The van der Waals surface area contributed by atoms with Crippen molar-refractivity contribution in [2.75, 3.05) is 57.6 Å². The van der Waals surface area contributed by atoms with E-state index in [0.717, 1.165) is 60.9 Å². The summed E-state index contributed by atoms with van der Waals surface area (Å²) in [5, 5.41) is 12.4. The van der Waals surface area contributed by atoms with Crippen LogP contribution in [0.25, 0.3) is 5.70 Å². The number of hydrogen-bond acceptors (Lipinski definition) is 6. The van der Waals surface area contributed by atoms with Gasteiger partial charge >= 0.3 is 0 Å². The first-order valence-corrected chi connectivity index (χ1v) is 12.4. The van der Waals surface area contributed by atoms with Gasteiger partial charge in [0.2, 0.25) is 0 Å². The molecule has 0 spiro atoms. The third-order valence-electron chi connectivity index (χ3n) is 7.57. The molecule has 0 bridgehead atoms. The molecular weight excluding hydrogens is 422 g/mol. The molecule has 1 heterocycles. The van der Waals surface area contributed by atoms with Crippen LogP contribution >= 0.6 is 0 Å². The number of morpholine rings is 1. The highest BCUT2D eigenvalue weighted by atomic mass is 16.5. The van der Waals surface area contributed by atoms with E-state index >= 15 is 0 Å². The third kappa shape index (κ3) is 5.29. The Morgan fingerprint density at radius 1 is 1.06 bits per heavy atom. The van der Waals surface area contributed by atoms with Crippen molar-refractivity contribution in [2.24, 2.45) is 0 Å². The zero-order chi connectivity index (χ0) is 24.1. The molecule has 0 aromatic heterocycles. The monoisotopic (exact) mass is 461 g/mol. The Labute approximate surface area is 204 Å². The van der Waals surface area contributed by atoms with Crippen LogP contribution in [0.3, 0.4) is 0 Å². The van der Waals surface area contributed by atoms with Crippen LogP contribution in [0.15, 0.2) is 49.0 Å². The maximum absolute atomic E-state index is 8.84.